The smallest absolute Gasteiger partial charge is 0.451 e. The Morgan fingerprint density at radius 3 is 2.53 bits per heavy atom. The van der Waals surface area contributed by atoms with Crippen LogP contribution in [-0.4, -0.2) is 50.5 Å². The summed E-state index contributed by atoms with van der Waals surface area (Å²) in [5, 5.41) is 3.79. The number of halogens is 3. The first-order valence-corrected chi connectivity index (χ1v) is 10.2. The molecule has 0 unspecified atom stereocenters. The number of rotatable bonds is 7. The quantitative estimate of drug-likeness (QED) is 0.401. The molecule has 0 radical (unpaired) electrons. The molecule has 1 aromatic carbocycles. The Labute approximate surface area is 184 Å². The Morgan fingerprint density at radius 1 is 1.20 bits per heavy atom. The van der Waals surface area contributed by atoms with Crippen LogP contribution in [0.4, 0.5) is 8.78 Å². The van der Waals surface area contributed by atoms with Crippen molar-refractivity contribution < 1.29 is 27.8 Å². The highest BCUT2D eigenvalue weighted by Crippen LogP contribution is 2.35. The SMILES string of the molecule is Cn1nccc(OCC(=O)N2CCC(Oc3ccccc3OC(F)(F)I)CC2)c1=O. The molecule has 162 valence electrons. The third-order valence-electron chi connectivity index (χ3n) is 4.48. The lowest BCUT2D eigenvalue weighted by Gasteiger charge is -2.32. The molecule has 8 nitrogen and oxygen atoms in total. The van der Waals surface area contributed by atoms with E-state index in [1.807, 2.05) is 0 Å². The topological polar surface area (TPSA) is 82.9 Å². The minimum atomic E-state index is -3.34. The molecule has 30 heavy (non-hydrogen) atoms. The van der Waals surface area contributed by atoms with Crippen LogP contribution in [0.1, 0.15) is 12.8 Å². The van der Waals surface area contributed by atoms with Crippen LogP contribution < -0.4 is 19.8 Å². The second-order valence-corrected chi connectivity index (χ2v) is 7.86. The number of aryl methyl sites for hydroxylation is 1. The van der Waals surface area contributed by atoms with Crippen LogP contribution in [0.15, 0.2) is 41.3 Å². The lowest BCUT2D eigenvalue weighted by Crippen LogP contribution is -2.44. The zero-order chi connectivity index (χ0) is 21.7. The van der Waals surface area contributed by atoms with Crippen LogP contribution in [0.3, 0.4) is 0 Å². The second kappa shape index (κ2) is 9.58. The largest absolute Gasteiger partial charge is 0.486 e. The molecule has 3 rings (SSSR count). The summed E-state index contributed by atoms with van der Waals surface area (Å²) in [4.78, 5) is 25.9. The molecule has 0 aliphatic carbocycles. The third-order valence-corrected chi connectivity index (χ3v) is 4.70. The molecule has 1 fully saturated rings. The van der Waals surface area contributed by atoms with Gasteiger partial charge in [-0.15, -0.1) is 0 Å². The maximum Gasteiger partial charge on any atom is 0.451 e. The van der Waals surface area contributed by atoms with Crippen LogP contribution in [-0.2, 0) is 11.8 Å². The molecule has 1 saturated heterocycles. The Hall–Kier alpha value is -2.44. The van der Waals surface area contributed by atoms with Crippen molar-refractivity contribution >= 4 is 28.5 Å². The highest BCUT2D eigenvalue weighted by molar-refractivity contribution is 14.1. The molecule has 2 heterocycles. The van der Waals surface area contributed by atoms with Crippen molar-refractivity contribution in [3.05, 3.63) is 46.9 Å². The number of piperidine rings is 1. The van der Waals surface area contributed by atoms with Gasteiger partial charge >= 0.3 is 9.67 Å². The highest BCUT2D eigenvalue weighted by Gasteiger charge is 2.29. The van der Waals surface area contributed by atoms with Gasteiger partial charge in [0.05, 0.1) is 28.8 Å². The Balaban J connectivity index is 1.51. The first-order chi connectivity index (χ1) is 14.2. The van der Waals surface area contributed by atoms with E-state index in [-0.39, 0.29) is 35.9 Å². The maximum atomic E-state index is 13.2. The fraction of sp³-hybridized carbons (Fsp3) is 0.421. The first kappa shape index (κ1) is 22.2. The molecule has 1 aliphatic heterocycles. The van der Waals surface area contributed by atoms with Gasteiger partial charge < -0.3 is 19.1 Å². The Kier molecular flexibility index (Phi) is 7.10. The third kappa shape index (κ3) is 6.03. The van der Waals surface area contributed by atoms with E-state index in [1.165, 1.54) is 25.4 Å². The summed E-state index contributed by atoms with van der Waals surface area (Å²) in [6.45, 7) is 0.589. The van der Waals surface area contributed by atoms with Crippen LogP contribution >= 0.6 is 22.6 Å². The summed E-state index contributed by atoms with van der Waals surface area (Å²) in [5.74, 6) is 0.00145. The number of para-hydroxylation sites is 2. The van der Waals surface area contributed by atoms with Crippen LogP contribution in [0.5, 0.6) is 17.2 Å². The number of amides is 1. The lowest BCUT2D eigenvalue weighted by atomic mass is 10.1. The van der Waals surface area contributed by atoms with Crippen molar-refractivity contribution in [1.82, 2.24) is 14.7 Å². The minimum Gasteiger partial charge on any atom is -0.486 e. The predicted octanol–water partition coefficient (Wildman–Crippen LogP) is 2.59. The van der Waals surface area contributed by atoms with Crippen LogP contribution in [0.2, 0.25) is 0 Å². The summed E-state index contributed by atoms with van der Waals surface area (Å²) in [6, 6.07) is 7.66. The van der Waals surface area contributed by atoms with Gasteiger partial charge in [-0.1, -0.05) is 12.1 Å². The maximum absolute atomic E-state index is 13.2. The summed E-state index contributed by atoms with van der Waals surface area (Å²) in [5.41, 5.74) is -0.421. The molecular formula is C19H20F2IN3O5. The number of hydrogen-bond acceptors (Lipinski definition) is 6. The summed E-state index contributed by atoms with van der Waals surface area (Å²) < 4.78 is 39.9. The summed E-state index contributed by atoms with van der Waals surface area (Å²) in [6.07, 6.45) is 2.23. The normalized spacial score (nSPS) is 15.0. The average molecular weight is 535 g/mol. The number of alkyl halides is 3. The van der Waals surface area contributed by atoms with Gasteiger partial charge in [0, 0.05) is 39.0 Å². The van der Waals surface area contributed by atoms with Crippen molar-refractivity contribution in [2.45, 2.75) is 23.1 Å². The number of aromatic nitrogens is 2. The fourth-order valence-corrected chi connectivity index (χ4v) is 3.22. The summed E-state index contributed by atoms with van der Waals surface area (Å²) >= 11 is 0.902. The fourth-order valence-electron chi connectivity index (χ4n) is 2.98. The van der Waals surface area contributed by atoms with E-state index in [9.17, 15) is 18.4 Å². The van der Waals surface area contributed by atoms with Crippen LogP contribution in [0.25, 0.3) is 0 Å². The van der Waals surface area contributed by atoms with Gasteiger partial charge in [-0.05, 0) is 12.1 Å². The molecule has 0 saturated carbocycles. The zero-order valence-corrected chi connectivity index (χ0v) is 18.3. The van der Waals surface area contributed by atoms with E-state index in [0.29, 0.717) is 25.9 Å². The number of likely N-dealkylation sites (tertiary alicyclic amines) is 1. The van der Waals surface area contributed by atoms with Crippen LogP contribution in [0, 0.1) is 0 Å². The van der Waals surface area contributed by atoms with Gasteiger partial charge in [-0.25, -0.2) is 4.68 Å². The van der Waals surface area contributed by atoms with E-state index in [1.54, 1.807) is 23.1 Å². The van der Waals surface area contributed by atoms with E-state index >= 15 is 0 Å². The first-order valence-electron chi connectivity index (χ1n) is 9.17. The number of benzene rings is 1. The van der Waals surface area contributed by atoms with Crippen molar-refractivity contribution in [3.63, 3.8) is 0 Å². The standard InChI is InChI=1S/C19H20F2IN3O5/c1-24-18(27)16(6-9-23-24)28-12-17(26)25-10-7-13(8-11-25)29-14-4-2-3-5-15(14)30-19(20,21)22/h2-6,9,13H,7-8,10-12H2,1H3. The molecule has 1 amide bonds. The van der Waals surface area contributed by atoms with E-state index in [4.69, 9.17) is 9.47 Å². The monoisotopic (exact) mass is 535 g/mol. The molecule has 0 atom stereocenters. The van der Waals surface area contributed by atoms with Crippen molar-refractivity contribution in [3.8, 4) is 17.2 Å². The van der Waals surface area contributed by atoms with Crippen molar-refractivity contribution in [2.24, 2.45) is 7.05 Å². The summed E-state index contributed by atoms with van der Waals surface area (Å²) in [7, 11) is 1.49. The van der Waals surface area contributed by atoms with E-state index in [0.717, 1.165) is 27.3 Å². The van der Waals surface area contributed by atoms with E-state index < -0.39 is 9.67 Å². The van der Waals surface area contributed by atoms with Gasteiger partial charge in [-0.3, -0.25) is 9.59 Å². The molecule has 0 bridgehead atoms. The van der Waals surface area contributed by atoms with Gasteiger partial charge in [0.1, 0.15) is 6.10 Å². The Bertz CT molecular complexity index is 942. The molecule has 0 N–H and O–H groups in total. The van der Waals surface area contributed by atoms with E-state index in [2.05, 4.69) is 9.84 Å². The molecular weight excluding hydrogens is 515 g/mol. The van der Waals surface area contributed by atoms with Crippen molar-refractivity contribution in [2.75, 3.05) is 19.7 Å². The van der Waals surface area contributed by atoms with Gasteiger partial charge in [0.2, 0.25) is 0 Å². The molecule has 11 heteroatoms. The molecule has 0 spiro atoms. The lowest BCUT2D eigenvalue weighted by molar-refractivity contribution is -0.135. The zero-order valence-electron chi connectivity index (χ0n) is 16.1. The van der Waals surface area contributed by atoms with Gasteiger partial charge in [0.15, 0.2) is 23.9 Å². The Morgan fingerprint density at radius 2 is 1.87 bits per heavy atom. The molecule has 1 aliphatic rings. The minimum absolute atomic E-state index is 0.0391. The second-order valence-electron chi connectivity index (χ2n) is 6.61. The number of carbonyl (C=O) groups is 1. The number of ether oxygens (including phenoxy) is 3. The van der Waals surface area contributed by atoms with Crippen molar-refractivity contribution in [1.29, 1.82) is 0 Å². The highest BCUT2D eigenvalue weighted by atomic mass is 127. The number of hydrogen-bond donors (Lipinski definition) is 0. The molecule has 1 aromatic heterocycles. The number of nitrogens with zero attached hydrogens (tertiary/aromatic N) is 3. The average Bonchev–Trinajstić information content (AvgIpc) is 2.70. The molecule has 2 aromatic rings. The van der Waals surface area contributed by atoms with Gasteiger partial charge in [0.25, 0.3) is 5.91 Å². The number of carbonyl (C=O) groups excluding carboxylic acids is 1. The predicted molar refractivity (Wildman–Crippen MR) is 111 cm³/mol. The van der Waals surface area contributed by atoms with Gasteiger partial charge in [-0.2, -0.15) is 13.9 Å².